The largest absolute Gasteiger partial charge is 0.351 e. The molecule has 0 bridgehead atoms. The number of hydrogen-bond donors (Lipinski definition) is 0. The molecule has 5 heteroatoms. The monoisotopic (exact) mass is 434 g/mol. The Hall–Kier alpha value is 0.320. The molecule has 2 rings (SSSR count). The minimum absolute atomic E-state index is 0.0457. The summed E-state index contributed by atoms with van der Waals surface area (Å²) in [5.74, 6) is 2.19. The zero-order chi connectivity index (χ0) is 19.4. The van der Waals surface area contributed by atoms with Gasteiger partial charge >= 0.3 is 0 Å². The molecule has 0 aromatic carbocycles. The molecule has 2 saturated heterocycles. The maximum atomic E-state index is 6.62. The Morgan fingerprint density at radius 3 is 1.88 bits per heavy atom. The van der Waals surface area contributed by atoms with Gasteiger partial charge in [0.2, 0.25) is 0 Å². The number of rotatable bonds is 7. The molecule has 26 heavy (non-hydrogen) atoms. The molecule has 0 radical (unpaired) electrons. The van der Waals surface area contributed by atoms with Crippen LogP contribution >= 0.6 is 15.9 Å². The van der Waals surface area contributed by atoms with Crippen LogP contribution in [0.25, 0.3) is 0 Å². The molecule has 0 amide bonds. The SMILES string of the molecule is CCC1OC(OC2C(CC)OC(OCCBr)C(C)C2C)C(C)C(C)C1C. The van der Waals surface area contributed by atoms with Crippen LogP contribution in [-0.4, -0.2) is 42.8 Å². The van der Waals surface area contributed by atoms with Crippen LogP contribution in [0.15, 0.2) is 0 Å². The van der Waals surface area contributed by atoms with Crippen LogP contribution < -0.4 is 0 Å². The summed E-state index contributed by atoms with van der Waals surface area (Å²) in [4.78, 5) is 0. The summed E-state index contributed by atoms with van der Waals surface area (Å²) in [5.41, 5.74) is 0. The maximum absolute atomic E-state index is 6.62. The zero-order valence-corrected chi connectivity index (χ0v) is 19.2. The third-order valence-corrected chi connectivity index (χ3v) is 7.21. The van der Waals surface area contributed by atoms with Crippen molar-refractivity contribution in [3.8, 4) is 0 Å². The first kappa shape index (κ1) is 22.6. The molecular formula is C21H39BrO4. The third kappa shape index (κ3) is 4.83. The van der Waals surface area contributed by atoms with E-state index in [9.17, 15) is 0 Å². The van der Waals surface area contributed by atoms with Crippen molar-refractivity contribution < 1.29 is 18.9 Å². The van der Waals surface area contributed by atoms with Gasteiger partial charge in [0, 0.05) is 17.2 Å². The van der Waals surface area contributed by atoms with E-state index in [1.54, 1.807) is 0 Å². The van der Waals surface area contributed by atoms with Crippen LogP contribution in [0, 0.1) is 29.6 Å². The summed E-state index contributed by atoms with van der Waals surface area (Å²) in [5, 5.41) is 0.826. The Labute approximate surface area is 168 Å². The number of hydrogen-bond acceptors (Lipinski definition) is 4. The highest BCUT2D eigenvalue weighted by atomic mass is 79.9. The Morgan fingerprint density at radius 1 is 0.731 bits per heavy atom. The predicted octanol–water partition coefficient (Wildman–Crippen LogP) is 5.23. The molecule has 2 heterocycles. The quantitative estimate of drug-likeness (QED) is 0.513. The molecule has 10 unspecified atom stereocenters. The van der Waals surface area contributed by atoms with E-state index in [0.29, 0.717) is 36.2 Å². The lowest BCUT2D eigenvalue weighted by atomic mass is 9.78. The minimum atomic E-state index is -0.153. The van der Waals surface area contributed by atoms with E-state index in [-0.39, 0.29) is 30.9 Å². The average Bonchev–Trinajstić information content (AvgIpc) is 2.64. The molecule has 0 aliphatic carbocycles. The lowest BCUT2D eigenvalue weighted by molar-refractivity contribution is -0.323. The highest BCUT2D eigenvalue weighted by Gasteiger charge is 2.46. The summed E-state index contributed by atoms with van der Waals surface area (Å²) in [7, 11) is 0. The van der Waals surface area contributed by atoms with Gasteiger partial charge < -0.3 is 18.9 Å². The summed E-state index contributed by atoms with van der Waals surface area (Å²) in [6.07, 6.45) is 2.02. The normalized spacial score (nSPS) is 47.1. The second kappa shape index (κ2) is 10.2. The van der Waals surface area contributed by atoms with Crippen molar-refractivity contribution in [3.63, 3.8) is 0 Å². The smallest absolute Gasteiger partial charge is 0.161 e. The number of alkyl halides is 1. The lowest BCUT2D eigenvalue weighted by Gasteiger charge is -2.49. The maximum Gasteiger partial charge on any atom is 0.161 e. The molecule has 0 N–H and O–H groups in total. The molecule has 2 aliphatic rings. The van der Waals surface area contributed by atoms with Gasteiger partial charge in [-0.1, -0.05) is 64.4 Å². The second-order valence-electron chi connectivity index (χ2n) is 8.36. The highest BCUT2D eigenvalue weighted by Crippen LogP contribution is 2.40. The molecule has 0 saturated carbocycles. The molecule has 2 fully saturated rings. The summed E-state index contributed by atoms with van der Waals surface area (Å²) in [6.45, 7) is 16.4. The van der Waals surface area contributed by atoms with Crippen LogP contribution in [0.2, 0.25) is 0 Å². The molecule has 154 valence electrons. The first-order valence-electron chi connectivity index (χ1n) is 10.5. The standard InChI is InChI=1S/C21H39BrO4/c1-8-17-13(4)12(3)15(6)21(24-17)26-19-14(5)16(7)20(23-11-10-22)25-18(19)9-2/h12-21H,8-11H2,1-7H3. The van der Waals surface area contributed by atoms with E-state index in [0.717, 1.165) is 18.2 Å². The molecular weight excluding hydrogens is 396 g/mol. The van der Waals surface area contributed by atoms with Gasteiger partial charge in [-0.25, -0.2) is 0 Å². The molecule has 2 aliphatic heterocycles. The Kier molecular flexibility index (Phi) is 8.87. The van der Waals surface area contributed by atoms with E-state index in [2.05, 4.69) is 64.4 Å². The van der Waals surface area contributed by atoms with Crippen molar-refractivity contribution >= 4 is 15.9 Å². The van der Waals surface area contributed by atoms with Crippen molar-refractivity contribution in [2.45, 2.75) is 92.2 Å². The van der Waals surface area contributed by atoms with Gasteiger partial charge in [0.05, 0.1) is 24.9 Å². The van der Waals surface area contributed by atoms with Gasteiger partial charge in [-0.15, -0.1) is 0 Å². The van der Waals surface area contributed by atoms with E-state index in [4.69, 9.17) is 18.9 Å². The van der Waals surface area contributed by atoms with Crippen LogP contribution in [0.1, 0.15) is 61.3 Å². The molecule has 0 aromatic rings. The van der Waals surface area contributed by atoms with Gasteiger partial charge in [0.15, 0.2) is 12.6 Å². The van der Waals surface area contributed by atoms with E-state index >= 15 is 0 Å². The fourth-order valence-corrected chi connectivity index (χ4v) is 4.60. The van der Waals surface area contributed by atoms with Gasteiger partial charge in [-0.2, -0.15) is 0 Å². The molecule has 10 atom stereocenters. The summed E-state index contributed by atoms with van der Waals surface area (Å²) in [6, 6.07) is 0. The molecule has 4 nitrogen and oxygen atoms in total. The summed E-state index contributed by atoms with van der Waals surface area (Å²) < 4.78 is 25.2. The Morgan fingerprint density at radius 2 is 1.31 bits per heavy atom. The van der Waals surface area contributed by atoms with Gasteiger partial charge in [0.1, 0.15) is 0 Å². The first-order chi connectivity index (χ1) is 12.3. The second-order valence-corrected chi connectivity index (χ2v) is 9.15. The van der Waals surface area contributed by atoms with E-state index < -0.39 is 0 Å². The van der Waals surface area contributed by atoms with Crippen LogP contribution in [0.3, 0.4) is 0 Å². The lowest BCUT2D eigenvalue weighted by Crippen LogP contribution is -2.55. The van der Waals surface area contributed by atoms with Crippen molar-refractivity contribution in [1.29, 1.82) is 0 Å². The van der Waals surface area contributed by atoms with Gasteiger partial charge in [-0.05, 0) is 30.6 Å². The van der Waals surface area contributed by atoms with Crippen molar-refractivity contribution in [2.24, 2.45) is 29.6 Å². The van der Waals surface area contributed by atoms with Crippen molar-refractivity contribution in [3.05, 3.63) is 0 Å². The topological polar surface area (TPSA) is 36.9 Å². The van der Waals surface area contributed by atoms with Crippen LogP contribution in [-0.2, 0) is 18.9 Å². The number of ether oxygens (including phenoxy) is 4. The molecule has 0 aromatic heterocycles. The zero-order valence-electron chi connectivity index (χ0n) is 17.6. The van der Waals surface area contributed by atoms with Gasteiger partial charge in [0.25, 0.3) is 0 Å². The van der Waals surface area contributed by atoms with Crippen LogP contribution in [0.4, 0.5) is 0 Å². The van der Waals surface area contributed by atoms with E-state index in [1.807, 2.05) is 0 Å². The fraction of sp³-hybridized carbons (Fsp3) is 1.00. The highest BCUT2D eigenvalue weighted by molar-refractivity contribution is 9.09. The fourth-order valence-electron chi connectivity index (χ4n) is 4.42. The van der Waals surface area contributed by atoms with Crippen LogP contribution in [0.5, 0.6) is 0 Å². The van der Waals surface area contributed by atoms with Gasteiger partial charge in [-0.3, -0.25) is 0 Å². The first-order valence-corrected chi connectivity index (χ1v) is 11.6. The van der Waals surface area contributed by atoms with Crippen molar-refractivity contribution in [2.75, 3.05) is 11.9 Å². The third-order valence-electron chi connectivity index (χ3n) is 6.89. The Balaban J connectivity index is 2.09. The summed E-state index contributed by atoms with van der Waals surface area (Å²) >= 11 is 3.43. The Bertz CT molecular complexity index is 417. The van der Waals surface area contributed by atoms with Crippen molar-refractivity contribution in [1.82, 2.24) is 0 Å². The minimum Gasteiger partial charge on any atom is -0.351 e. The average molecular weight is 435 g/mol. The number of halogens is 1. The predicted molar refractivity (Wildman–Crippen MR) is 108 cm³/mol. The van der Waals surface area contributed by atoms with E-state index in [1.165, 1.54) is 0 Å². The molecule has 0 spiro atoms.